The Morgan fingerprint density at radius 1 is 1.23 bits per heavy atom. The first-order chi connectivity index (χ1) is 16.6. The zero-order valence-electron chi connectivity index (χ0n) is 18.8. The van der Waals surface area contributed by atoms with Crippen LogP contribution >= 0.6 is 0 Å². The summed E-state index contributed by atoms with van der Waals surface area (Å²) in [5.74, 6) is -0.774. The van der Waals surface area contributed by atoms with Crippen molar-refractivity contribution in [3.05, 3.63) is 36.3 Å². The van der Waals surface area contributed by atoms with E-state index in [1.807, 2.05) is 0 Å². The molecule has 0 aliphatic carbocycles. The van der Waals surface area contributed by atoms with Crippen LogP contribution in [0.4, 0.5) is 8.78 Å². The number of ether oxygens (including phenoxy) is 2. The topological polar surface area (TPSA) is 125 Å². The lowest BCUT2D eigenvalue weighted by Crippen LogP contribution is -2.63. The minimum absolute atomic E-state index is 0.0112. The van der Waals surface area contributed by atoms with E-state index in [-0.39, 0.29) is 28.9 Å². The normalized spacial score (nSPS) is 19.4. The highest BCUT2D eigenvalue weighted by molar-refractivity contribution is 7.93. The third-order valence-electron chi connectivity index (χ3n) is 6.05. The van der Waals surface area contributed by atoms with E-state index in [1.54, 1.807) is 17.7 Å². The standard InChI is InChI=1S/C22H23F2N5O5S/c1-22(11-35(31,32)12-22)27-20(30)14-7-17-19(26-9-14)18(28-29(17)15-2-4-33-5-3-15)13-6-16(10-25-8-13)34-21(23)24/h6-10,15,21H,2-5,11-12H2,1H3,(H,27,30). The average molecular weight is 508 g/mol. The molecule has 0 unspecified atom stereocenters. The van der Waals surface area contributed by atoms with Crippen LogP contribution in [0.2, 0.25) is 0 Å². The van der Waals surface area contributed by atoms with Gasteiger partial charge in [-0.15, -0.1) is 0 Å². The second kappa shape index (κ2) is 8.79. The number of nitrogens with zero attached hydrogens (tertiary/aromatic N) is 4. The molecular weight excluding hydrogens is 484 g/mol. The number of fused-ring (bicyclic) bond motifs is 1. The summed E-state index contributed by atoms with van der Waals surface area (Å²) in [6.07, 6.45) is 5.46. The highest BCUT2D eigenvalue weighted by atomic mass is 32.2. The van der Waals surface area contributed by atoms with Gasteiger partial charge >= 0.3 is 6.61 Å². The largest absolute Gasteiger partial charge is 0.433 e. The van der Waals surface area contributed by atoms with Crippen LogP contribution < -0.4 is 10.1 Å². The van der Waals surface area contributed by atoms with Crippen LogP contribution in [0.15, 0.2) is 30.7 Å². The summed E-state index contributed by atoms with van der Waals surface area (Å²) in [7, 11) is -3.13. The van der Waals surface area contributed by atoms with Gasteiger partial charge in [0.1, 0.15) is 17.0 Å². The van der Waals surface area contributed by atoms with Crippen molar-refractivity contribution in [3.63, 3.8) is 0 Å². The number of carbonyl (C=O) groups is 1. The number of amides is 1. The van der Waals surface area contributed by atoms with E-state index in [0.29, 0.717) is 48.3 Å². The quantitative estimate of drug-likeness (QED) is 0.539. The number of halogens is 2. The molecule has 3 aromatic heterocycles. The second-order valence-corrected chi connectivity index (χ2v) is 11.1. The predicted octanol–water partition coefficient (Wildman–Crippen LogP) is 2.36. The number of hydrogen-bond donors (Lipinski definition) is 1. The molecule has 0 aromatic carbocycles. The number of aromatic nitrogens is 4. The van der Waals surface area contributed by atoms with E-state index in [1.165, 1.54) is 24.7 Å². The van der Waals surface area contributed by atoms with Crippen LogP contribution in [-0.2, 0) is 14.6 Å². The summed E-state index contributed by atoms with van der Waals surface area (Å²) < 4.78 is 60.3. The number of carbonyl (C=O) groups excluding carboxylic acids is 1. The van der Waals surface area contributed by atoms with E-state index in [0.717, 1.165) is 0 Å². The summed E-state index contributed by atoms with van der Waals surface area (Å²) >= 11 is 0. The van der Waals surface area contributed by atoms with Crippen molar-refractivity contribution < 1.29 is 31.5 Å². The van der Waals surface area contributed by atoms with Gasteiger partial charge in [0.15, 0.2) is 9.84 Å². The lowest BCUT2D eigenvalue weighted by molar-refractivity contribution is -0.0500. The number of nitrogens with one attached hydrogen (secondary N) is 1. The summed E-state index contributed by atoms with van der Waals surface area (Å²) in [6, 6.07) is 3.06. The fourth-order valence-electron chi connectivity index (χ4n) is 4.61. The third-order valence-corrected chi connectivity index (χ3v) is 8.20. The highest BCUT2D eigenvalue weighted by Crippen LogP contribution is 2.33. The molecule has 2 saturated heterocycles. The van der Waals surface area contributed by atoms with Crippen molar-refractivity contribution in [2.75, 3.05) is 24.7 Å². The zero-order valence-corrected chi connectivity index (χ0v) is 19.6. The second-order valence-electron chi connectivity index (χ2n) is 9.06. The van der Waals surface area contributed by atoms with E-state index in [9.17, 15) is 22.0 Å². The van der Waals surface area contributed by atoms with Crippen LogP contribution in [-0.4, -0.2) is 70.9 Å². The summed E-state index contributed by atoms with van der Waals surface area (Å²) in [4.78, 5) is 21.4. The predicted molar refractivity (Wildman–Crippen MR) is 121 cm³/mol. The van der Waals surface area contributed by atoms with Crippen LogP contribution in [0.5, 0.6) is 5.75 Å². The van der Waals surface area contributed by atoms with E-state index >= 15 is 0 Å². The Morgan fingerprint density at radius 3 is 2.66 bits per heavy atom. The SMILES string of the molecule is CC1(NC(=O)c2cnc3c(-c4cncc(OC(F)F)c4)nn(C4CCOCC4)c3c2)CS(=O)(=O)C1. The fraction of sp³-hybridized carbons (Fsp3) is 0.455. The first-order valence-electron chi connectivity index (χ1n) is 11.0. The molecule has 2 fully saturated rings. The summed E-state index contributed by atoms with van der Waals surface area (Å²) in [5.41, 5.74) is 1.36. The van der Waals surface area contributed by atoms with Crippen LogP contribution in [0.25, 0.3) is 22.3 Å². The zero-order chi connectivity index (χ0) is 24.8. The van der Waals surface area contributed by atoms with Crippen LogP contribution in [0, 0.1) is 0 Å². The van der Waals surface area contributed by atoms with E-state index in [4.69, 9.17) is 9.84 Å². The monoisotopic (exact) mass is 507 g/mol. The Labute approximate surface area is 199 Å². The van der Waals surface area contributed by atoms with E-state index in [2.05, 4.69) is 20.0 Å². The van der Waals surface area contributed by atoms with Gasteiger partial charge in [0.25, 0.3) is 5.91 Å². The van der Waals surface area contributed by atoms with E-state index < -0.39 is 27.9 Å². The van der Waals surface area contributed by atoms with Gasteiger partial charge in [0.2, 0.25) is 0 Å². The Bertz CT molecular complexity index is 1380. The summed E-state index contributed by atoms with van der Waals surface area (Å²) in [6.45, 7) is -0.193. The lowest BCUT2D eigenvalue weighted by atomic mass is 10.1. The van der Waals surface area contributed by atoms with Crippen LogP contribution in [0.1, 0.15) is 36.2 Å². The minimum Gasteiger partial charge on any atom is -0.433 e. The Morgan fingerprint density at radius 2 is 1.97 bits per heavy atom. The first-order valence-corrected chi connectivity index (χ1v) is 12.8. The molecule has 1 N–H and O–H groups in total. The first kappa shape index (κ1) is 23.5. The van der Waals surface area contributed by atoms with Gasteiger partial charge in [-0.05, 0) is 31.9 Å². The molecule has 5 rings (SSSR count). The van der Waals surface area contributed by atoms with Crippen molar-refractivity contribution in [1.29, 1.82) is 0 Å². The molecule has 1 amide bonds. The number of pyridine rings is 2. The molecule has 35 heavy (non-hydrogen) atoms. The van der Waals surface area contributed by atoms with Crippen molar-refractivity contribution in [3.8, 4) is 17.0 Å². The molecule has 0 spiro atoms. The van der Waals surface area contributed by atoms with Crippen molar-refractivity contribution in [1.82, 2.24) is 25.1 Å². The van der Waals surface area contributed by atoms with Crippen molar-refractivity contribution in [2.45, 2.75) is 38.0 Å². The van der Waals surface area contributed by atoms with Crippen molar-refractivity contribution >= 4 is 26.8 Å². The average Bonchev–Trinajstić information content (AvgIpc) is 3.17. The minimum atomic E-state index is -3.13. The number of rotatable bonds is 6. The maximum atomic E-state index is 12.9. The molecule has 0 saturated carbocycles. The molecule has 0 radical (unpaired) electrons. The molecule has 2 aliphatic heterocycles. The van der Waals surface area contributed by atoms with Gasteiger partial charge in [-0.3, -0.25) is 19.4 Å². The van der Waals surface area contributed by atoms with Gasteiger partial charge in [-0.2, -0.15) is 13.9 Å². The Balaban J connectivity index is 1.54. The van der Waals surface area contributed by atoms with Gasteiger partial charge < -0.3 is 14.8 Å². The molecule has 186 valence electrons. The number of hydrogen-bond acceptors (Lipinski definition) is 8. The van der Waals surface area contributed by atoms with Crippen molar-refractivity contribution in [2.24, 2.45) is 0 Å². The van der Waals surface area contributed by atoms with Crippen LogP contribution in [0.3, 0.4) is 0 Å². The number of sulfone groups is 1. The highest BCUT2D eigenvalue weighted by Gasteiger charge is 2.45. The molecule has 0 bridgehead atoms. The molecule has 13 heteroatoms. The fourth-order valence-corrected chi connectivity index (χ4v) is 6.61. The Hall–Kier alpha value is -3.19. The maximum absolute atomic E-state index is 12.9. The maximum Gasteiger partial charge on any atom is 0.387 e. The molecular formula is C22H23F2N5O5S. The molecule has 5 heterocycles. The molecule has 2 aliphatic rings. The van der Waals surface area contributed by atoms with Gasteiger partial charge in [-0.25, -0.2) is 8.42 Å². The molecule has 3 aromatic rings. The lowest BCUT2D eigenvalue weighted by Gasteiger charge is -2.38. The van der Waals surface area contributed by atoms with Gasteiger partial charge in [-0.1, -0.05) is 0 Å². The summed E-state index contributed by atoms with van der Waals surface area (Å²) in [5, 5.41) is 7.52. The molecule has 0 atom stereocenters. The van der Waals surface area contributed by atoms with Gasteiger partial charge in [0.05, 0.1) is 40.4 Å². The Kier molecular flexibility index (Phi) is 5.91. The number of alkyl halides is 2. The third kappa shape index (κ3) is 4.82. The molecule has 10 nitrogen and oxygen atoms in total. The smallest absolute Gasteiger partial charge is 0.387 e. The van der Waals surface area contributed by atoms with Gasteiger partial charge in [0, 0.05) is 31.2 Å².